The first-order chi connectivity index (χ1) is 17.7. The molecule has 37 heavy (non-hydrogen) atoms. The third-order valence-electron chi connectivity index (χ3n) is 6.11. The summed E-state index contributed by atoms with van der Waals surface area (Å²) in [6.07, 6.45) is 4.05. The molecule has 1 fully saturated rings. The number of aromatic nitrogens is 1. The molecule has 3 rings (SSSR count). The smallest absolute Gasteiger partial charge is 0.407 e. The predicted octanol–water partition coefficient (Wildman–Crippen LogP) is 3.49. The van der Waals surface area contributed by atoms with E-state index in [1.807, 2.05) is 13.8 Å². The lowest BCUT2D eigenvalue weighted by Gasteiger charge is -2.28. The number of nitrogens with one attached hydrogen (secondary N) is 2. The molecule has 12 heteroatoms. The number of ether oxygens (including phenoxy) is 3. The van der Waals surface area contributed by atoms with Gasteiger partial charge >= 0.3 is 6.09 Å². The van der Waals surface area contributed by atoms with Gasteiger partial charge in [0.25, 0.3) is 0 Å². The number of alkyl carbamates (subject to hydrolysis) is 1. The van der Waals surface area contributed by atoms with Gasteiger partial charge in [0.15, 0.2) is 6.29 Å². The largest absolute Gasteiger partial charge is 0.768 e. The van der Waals surface area contributed by atoms with E-state index in [1.165, 1.54) is 31.6 Å². The molecule has 1 aliphatic rings. The molecule has 0 aliphatic heterocycles. The lowest BCUT2D eigenvalue weighted by atomic mass is 9.86. The van der Waals surface area contributed by atoms with Crippen LogP contribution in [0.1, 0.15) is 56.0 Å². The average Bonchev–Trinajstić information content (AvgIpc) is 3.34. The van der Waals surface area contributed by atoms with E-state index in [0.29, 0.717) is 11.1 Å². The van der Waals surface area contributed by atoms with Crippen LogP contribution >= 0.6 is 11.3 Å². The Morgan fingerprint density at radius 2 is 1.89 bits per heavy atom. The minimum Gasteiger partial charge on any atom is -0.768 e. The van der Waals surface area contributed by atoms with E-state index in [4.69, 9.17) is 14.2 Å². The van der Waals surface area contributed by atoms with Crippen LogP contribution in [0.4, 0.5) is 4.79 Å². The van der Waals surface area contributed by atoms with Crippen LogP contribution in [0.25, 0.3) is 10.4 Å². The highest BCUT2D eigenvalue weighted by atomic mass is 32.2. The molecule has 204 valence electrons. The Kier molecular flexibility index (Phi) is 11.0. The van der Waals surface area contributed by atoms with Crippen molar-refractivity contribution in [3.05, 3.63) is 35.0 Å². The van der Waals surface area contributed by atoms with Gasteiger partial charge < -0.3 is 29.4 Å². The molecule has 0 bridgehead atoms. The van der Waals surface area contributed by atoms with Crippen LogP contribution < -0.4 is 10.6 Å². The first-order valence-electron chi connectivity index (χ1n) is 12.2. The predicted molar refractivity (Wildman–Crippen MR) is 139 cm³/mol. The maximum atomic E-state index is 12.3. The topological polar surface area (TPSA) is 139 Å². The molecule has 1 aromatic carbocycles. The van der Waals surface area contributed by atoms with E-state index >= 15 is 0 Å². The Labute approximate surface area is 223 Å². The Hall–Kier alpha value is -2.38. The summed E-state index contributed by atoms with van der Waals surface area (Å²) in [5.41, 5.74) is 1.14. The van der Waals surface area contributed by atoms with Gasteiger partial charge in [0.2, 0.25) is 5.91 Å². The molecular formula is C25H34N3O7S2-. The molecule has 1 saturated carbocycles. The number of carbonyl (C=O) groups is 2. The Balaban J connectivity index is 1.63. The highest BCUT2D eigenvalue weighted by Gasteiger charge is 2.26. The molecule has 2 amide bonds. The summed E-state index contributed by atoms with van der Waals surface area (Å²) in [6.45, 7) is 3.82. The zero-order chi connectivity index (χ0) is 26.9. The van der Waals surface area contributed by atoms with Gasteiger partial charge in [-0.15, -0.1) is 11.3 Å². The van der Waals surface area contributed by atoms with Crippen molar-refractivity contribution in [2.24, 2.45) is 0 Å². The summed E-state index contributed by atoms with van der Waals surface area (Å²) < 4.78 is 39.3. The summed E-state index contributed by atoms with van der Waals surface area (Å²) in [5.74, 6) is -0.0118. The van der Waals surface area contributed by atoms with Crippen molar-refractivity contribution in [3.8, 4) is 10.4 Å². The van der Waals surface area contributed by atoms with Gasteiger partial charge in [-0.1, -0.05) is 12.1 Å². The molecule has 1 unspecified atom stereocenters. The summed E-state index contributed by atoms with van der Waals surface area (Å²) in [7, 11) is 2.96. The number of rotatable bonds is 11. The average molecular weight is 553 g/mol. The number of carbonyl (C=O) groups excluding carboxylic acids is 2. The zero-order valence-corrected chi connectivity index (χ0v) is 23.1. The van der Waals surface area contributed by atoms with Crippen LogP contribution in [0.2, 0.25) is 0 Å². The lowest BCUT2D eigenvalue weighted by Crippen LogP contribution is -2.38. The normalized spacial score (nSPS) is 18.6. The molecule has 2 N–H and O–H groups in total. The van der Waals surface area contributed by atoms with Gasteiger partial charge in [0.05, 0.1) is 29.0 Å². The maximum absolute atomic E-state index is 12.3. The number of hydrogen-bond donors (Lipinski definition) is 2. The number of hydrogen-bond acceptors (Lipinski definition) is 9. The monoisotopic (exact) mass is 552 g/mol. The SMILES string of the molecule is COC(CNC(=O)Cc1ccc(-c2cnc(C3CCC(NC(=O)OC(C)C)CC3)s2)c(S(=O)[O-])c1)OC. The second kappa shape index (κ2) is 14.0. The van der Waals surface area contributed by atoms with Crippen LogP contribution in [0, 0.1) is 0 Å². The molecule has 10 nitrogen and oxygen atoms in total. The fourth-order valence-corrected chi connectivity index (χ4v) is 6.02. The molecule has 2 aromatic rings. The van der Waals surface area contributed by atoms with Crippen molar-refractivity contribution in [3.63, 3.8) is 0 Å². The third kappa shape index (κ3) is 8.57. The fourth-order valence-electron chi connectivity index (χ4n) is 4.23. The molecule has 1 atom stereocenters. The minimum atomic E-state index is -2.49. The van der Waals surface area contributed by atoms with E-state index in [9.17, 15) is 18.4 Å². The number of methoxy groups -OCH3 is 2. The summed E-state index contributed by atoms with van der Waals surface area (Å²) in [6, 6.07) is 5.08. The molecule has 1 aliphatic carbocycles. The zero-order valence-electron chi connectivity index (χ0n) is 21.5. The number of benzene rings is 1. The lowest BCUT2D eigenvalue weighted by molar-refractivity contribution is -0.126. The van der Waals surface area contributed by atoms with Gasteiger partial charge in [-0.25, -0.2) is 9.78 Å². The van der Waals surface area contributed by atoms with Crippen LogP contribution in [0.5, 0.6) is 0 Å². The van der Waals surface area contributed by atoms with Gasteiger partial charge in [-0.3, -0.25) is 9.00 Å². The highest BCUT2D eigenvalue weighted by molar-refractivity contribution is 7.79. The summed E-state index contributed by atoms with van der Waals surface area (Å²) in [5, 5.41) is 6.59. The van der Waals surface area contributed by atoms with Crippen molar-refractivity contribution in [2.45, 2.75) is 75.2 Å². The van der Waals surface area contributed by atoms with Crippen LogP contribution in [-0.2, 0) is 36.5 Å². The van der Waals surface area contributed by atoms with Crippen molar-refractivity contribution in [2.75, 3.05) is 20.8 Å². The Morgan fingerprint density at radius 3 is 2.51 bits per heavy atom. The molecule has 0 saturated heterocycles. The molecule has 0 radical (unpaired) electrons. The molecular weight excluding hydrogens is 518 g/mol. The van der Waals surface area contributed by atoms with Crippen molar-refractivity contribution >= 4 is 34.4 Å². The second-order valence-corrected chi connectivity index (χ2v) is 11.1. The van der Waals surface area contributed by atoms with Crippen LogP contribution in [-0.4, -0.2) is 64.9 Å². The van der Waals surface area contributed by atoms with Gasteiger partial charge in [-0.2, -0.15) is 0 Å². The van der Waals surface area contributed by atoms with Gasteiger partial charge in [-0.05, 0) is 62.2 Å². The summed E-state index contributed by atoms with van der Waals surface area (Å²) in [4.78, 5) is 29.6. The van der Waals surface area contributed by atoms with E-state index in [0.717, 1.165) is 35.6 Å². The number of thiazole rings is 1. The number of amides is 2. The van der Waals surface area contributed by atoms with E-state index in [1.54, 1.807) is 18.3 Å². The molecule has 1 heterocycles. The Morgan fingerprint density at radius 1 is 1.19 bits per heavy atom. The Bertz CT molecular complexity index is 1080. The fraction of sp³-hybridized carbons (Fsp3) is 0.560. The second-order valence-electron chi connectivity index (χ2n) is 9.16. The van der Waals surface area contributed by atoms with Crippen molar-refractivity contribution in [1.29, 1.82) is 0 Å². The van der Waals surface area contributed by atoms with E-state index in [2.05, 4.69) is 15.6 Å². The quantitative estimate of drug-likeness (QED) is 0.319. The molecule has 0 spiro atoms. The third-order valence-corrected chi connectivity index (χ3v) is 8.00. The first kappa shape index (κ1) is 29.2. The van der Waals surface area contributed by atoms with Crippen LogP contribution in [0.15, 0.2) is 29.3 Å². The van der Waals surface area contributed by atoms with Crippen molar-refractivity contribution in [1.82, 2.24) is 15.6 Å². The van der Waals surface area contributed by atoms with E-state index < -0.39 is 17.4 Å². The van der Waals surface area contributed by atoms with Gasteiger partial charge in [0, 0.05) is 42.8 Å². The highest BCUT2D eigenvalue weighted by Crippen LogP contribution is 2.39. The molecule has 1 aromatic heterocycles. The summed E-state index contributed by atoms with van der Waals surface area (Å²) >= 11 is -1.01. The minimum absolute atomic E-state index is 0.0283. The van der Waals surface area contributed by atoms with Crippen molar-refractivity contribution < 1.29 is 32.6 Å². The van der Waals surface area contributed by atoms with Crippen LogP contribution in [0.3, 0.4) is 0 Å². The standard InChI is InChI=1S/C25H35N3O7S2/c1-15(2)35-25(30)28-18-8-6-17(7-9-18)24-27-13-20(36-24)19-10-5-16(11-21(19)37(31)32)12-22(29)26-14-23(33-3)34-4/h5,10-11,13,15,17-18,23H,6-9,12,14H2,1-4H3,(H,26,29)(H,28,30)(H,31,32)/p-1. The van der Waals surface area contributed by atoms with E-state index in [-0.39, 0.29) is 47.9 Å². The van der Waals surface area contributed by atoms with Gasteiger partial charge in [0.1, 0.15) is 0 Å². The first-order valence-corrected chi connectivity index (χ1v) is 14.1. The number of nitrogens with zero attached hydrogens (tertiary/aromatic N) is 1. The maximum Gasteiger partial charge on any atom is 0.407 e.